The molecule has 0 aromatic rings. The molecule has 3 heteroatoms. The van der Waals surface area contributed by atoms with E-state index in [0.29, 0.717) is 6.54 Å². The highest BCUT2D eigenvalue weighted by atomic mass is 17.1. The molecule has 0 aliphatic heterocycles. The molecule has 0 spiro atoms. The van der Waals surface area contributed by atoms with Crippen molar-refractivity contribution in [2.75, 3.05) is 6.54 Å². The minimum absolute atomic E-state index is 0.323. The lowest BCUT2D eigenvalue weighted by molar-refractivity contribution is -0.309. The molecule has 0 aromatic carbocycles. The van der Waals surface area contributed by atoms with Gasteiger partial charge in [-0.2, -0.15) is 0 Å². The Hall–Kier alpha value is -0.120. The Kier molecular flexibility index (Phi) is 2.22. The Bertz CT molecular complexity index is 47.7. The van der Waals surface area contributed by atoms with E-state index in [2.05, 4.69) is 4.89 Å². The summed E-state index contributed by atoms with van der Waals surface area (Å²) in [7, 11) is 0. The van der Waals surface area contributed by atoms with Crippen LogP contribution in [0.2, 0.25) is 0 Å². The van der Waals surface area contributed by atoms with Gasteiger partial charge in [-0.25, -0.2) is 4.89 Å². The first-order valence-corrected chi connectivity index (χ1v) is 2.15. The van der Waals surface area contributed by atoms with Crippen molar-refractivity contribution in [1.29, 1.82) is 0 Å². The number of hydrogen-bond donors (Lipinski definition) is 2. The fourth-order valence-corrected chi connectivity index (χ4v) is 0.0373. The van der Waals surface area contributed by atoms with E-state index in [9.17, 15) is 0 Å². The smallest absolute Gasteiger partial charge is 0.110 e. The third-order valence-electron chi connectivity index (χ3n) is 0.739. The van der Waals surface area contributed by atoms with Gasteiger partial charge in [-0.15, -0.1) is 0 Å². The maximum absolute atomic E-state index is 8.01. The lowest BCUT2D eigenvalue weighted by Gasteiger charge is -2.16. The quantitative estimate of drug-likeness (QED) is 0.390. The maximum atomic E-state index is 8.01. The average Bonchev–Trinajstić information content (AvgIpc) is 1.68. The zero-order valence-corrected chi connectivity index (χ0v) is 4.64. The molecule has 0 fully saturated rings. The molecule has 3 N–H and O–H groups in total. The van der Waals surface area contributed by atoms with Crippen LogP contribution < -0.4 is 5.73 Å². The summed E-state index contributed by atoms with van der Waals surface area (Å²) in [5, 5.41) is 8.01. The van der Waals surface area contributed by atoms with E-state index in [-0.39, 0.29) is 0 Å². The van der Waals surface area contributed by atoms with E-state index in [0.717, 1.165) is 0 Å². The Morgan fingerprint density at radius 2 is 2.14 bits per heavy atom. The van der Waals surface area contributed by atoms with Gasteiger partial charge in [0.15, 0.2) is 0 Å². The maximum Gasteiger partial charge on any atom is 0.110 e. The van der Waals surface area contributed by atoms with Crippen molar-refractivity contribution in [3.05, 3.63) is 0 Å². The van der Waals surface area contributed by atoms with E-state index in [1.807, 2.05) is 0 Å². The molecule has 0 unspecified atom stereocenters. The second-order valence-corrected chi connectivity index (χ2v) is 2.06. The summed E-state index contributed by atoms with van der Waals surface area (Å²) in [5.74, 6) is 0. The summed E-state index contributed by atoms with van der Waals surface area (Å²) in [4.78, 5) is 3.96. The van der Waals surface area contributed by atoms with Crippen LogP contribution in [0.1, 0.15) is 13.8 Å². The van der Waals surface area contributed by atoms with Gasteiger partial charge in [-0.05, 0) is 13.8 Å². The second kappa shape index (κ2) is 2.26. The predicted molar refractivity (Wildman–Crippen MR) is 26.8 cm³/mol. The van der Waals surface area contributed by atoms with E-state index in [4.69, 9.17) is 11.0 Å². The fraction of sp³-hybridized carbons (Fsp3) is 1.00. The van der Waals surface area contributed by atoms with Crippen molar-refractivity contribution in [3.8, 4) is 0 Å². The number of hydrogen-bond acceptors (Lipinski definition) is 3. The molecule has 0 aromatic heterocycles. The van der Waals surface area contributed by atoms with Crippen LogP contribution in [0.25, 0.3) is 0 Å². The van der Waals surface area contributed by atoms with Crippen LogP contribution in [0, 0.1) is 0 Å². The lowest BCUT2D eigenvalue weighted by Crippen LogP contribution is -2.32. The van der Waals surface area contributed by atoms with Crippen LogP contribution in [-0.4, -0.2) is 17.4 Å². The fourth-order valence-electron chi connectivity index (χ4n) is 0.0373. The van der Waals surface area contributed by atoms with Crippen LogP contribution in [0.3, 0.4) is 0 Å². The molecule has 0 bridgehead atoms. The van der Waals surface area contributed by atoms with Crippen LogP contribution in [0.15, 0.2) is 0 Å². The van der Waals surface area contributed by atoms with Crippen LogP contribution in [-0.2, 0) is 4.89 Å². The van der Waals surface area contributed by atoms with Gasteiger partial charge in [0.05, 0.1) is 0 Å². The van der Waals surface area contributed by atoms with Gasteiger partial charge < -0.3 is 5.73 Å². The SMILES string of the molecule is CC(C)(CN)OO. The van der Waals surface area contributed by atoms with Crippen molar-refractivity contribution >= 4 is 0 Å². The summed E-state index contributed by atoms with van der Waals surface area (Å²) in [6, 6.07) is 0. The molecular formula is C4H11NO2. The van der Waals surface area contributed by atoms with Crippen LogP contribution in [0.4, 0.5) is 0 Å². The molecule has 0 atom stereocenters. The molecule has 0 aliphatic carbocycles. The number of nitrogens with two attached hydrogens (primary N) is 1. The first kappa shape index (κ1) is 6.88. The molecular weight excluding hydrogens is 94.0 g/mol. The monoisotopic (exact) mass is 105 g/mol. The van der Waals surface area contributed by atoms with Gasteiger partial charge in [0.1, 0.15) is 5.60 Å². The minimum Gasteiger partial charge on any atom is -0.328 e. The van der Waals surface area contributed by atoms with Gasteiger partial charge in [0.2, 0.25) is 0 Å². The molecule has 0 radical (unpaired) electrons. The van der Waals surface area contributed by atoms with Crippen molar-refractivity contribution in [2.24, 2.45) is 5.73 Å². The van der Waals surface area contributed by atoms with Gasteiger partial charge in [-0.1, -0.05) is 0 Å². The summed E-state index contributed by atoms with van der Waals surface area (Å²) >= 11 is 0. The molecule has 7 heavy (non-hydrogen) atoms. The Balaban J connectivity index is 3.36. The summed E-state index contributed by atoms with van der Waals surface area (Å²) in [6.45, 7) is 3.73. The Labute approximate surface area is 43.0 Å². The van der Waals surface area contributed by atoms with Crippen molar-refractivity contribution in [1.82, 2.24) is 0 Å². The molecule has 0 amide bonds. The largest absolute Gasteiger partial charge is 0.328 e. The van der Waals surface area contributed by atoms with Gasteiger partial charge >= 0.3 is 0 Å². The van der Waals surface area contributed by atoms with Gasteiger partial charge in [0, 0.05) is 6.54 Å². The molecule has 3 nitrogen and oxygen atoms in total. The highest BCUT2D eigenvalue weighted by Gasteiger charge is 2.14. The summed E-state index contributed by atoms with van der Waals surface area (Å²) in [5.41, 5.74) is 4.55. The lowest BCUT2D eigenvalue weighted by atomic mass is 10.1. The van der Waals surface area contributed by atoms with Gasteiger partial charge in [-0.3, -0.25) is 5.26 Å². The summed E-state index contributed by atoms with van der Waals surface area (Å²) in [6.07, 6.45) is 0. The first-order chi connectivity index (χ1) is 3.12. The summed E-state index contributed by atoms with van der Waals surface area (Å²) < 4.78 is 0. The predicted octanol–water partition coefficient (Wildman–Crippen LogP) is 0.213. The third-order valence-corrected chi connectivity index (χ3v) is 0.739. The van der Waals surface area contributed by atoms with Crippen molar-refractivity contribution in [3.63, 3.8) is 0 Å². The standard InChI is InChI=1S/C4H11NO2/c1-4(2,3-5)7-6/h6H,3,5H2,1-2H3. The number of rotatable bonds is 2. The van der Waals surface area contributed by atoms with Crippen molar-refractivity contribution < 1.29 is 10.1 Å². The average molecular weight is 105 g/mol. The molecule has 44 valence electrons. The first-order valence-electron chi connectivity index (χ1n) is 2.15. The Morgan fingerprint density at radius 3 is 2.14 bits per heavy atom. The van der Waals surface area contributed by atoms with E-state index < -0.39 is 5.60 Å². The minimum atomic E-state index is -0.583. The highest BCUT2D eigenvalue weighted by Crippen LogP contribution is 2.01. The van der Waals surface area contributed by atoms with Crippen LogP contribution >= 0.6 is 0 Å². The molecule has 0 rings (SSSR count). The third kappa shape index (κ3) is 2.56. The van der Waals surface area contributed by atoms with Crippen molar-refractivity contribution in [2.45, 2.75) is 19.4 Å². The second-order valence-electron chi connectivity index (χ2n) is 2.06. The van der Waals surface area contributed by atoms with E-state index in [1.54, 1.807) is 13.8 Å². The zero-order chi connectivity index (χ0) is 5.91. The zero-order valence-electron chi connectivity index (χ0n) is 4.64. The molecule has 0 saturated heterocycles. The van der Waals surface area contributed by atoms with Gasteiger partial charge in [0.25, 0.3) is 0 Å². The van der Waals surface area contributed by atoms with E-state index in [1.165, 1.54) is 0 Å². The molecule has 0 aliphatic rings. The topological polar surface area (TPSA) is 55.5 Å². The Morgan fingerprint density at radius 1 is 1.71 bits per heavy atom. The highest BCUT2D eigenvalue weighted by molar-refractivity contribution is 4.65. The molecule has 0 heterocycles. The molecule has 0 saturated carbocycles. The normalized spacial score (nSPS) is 12.0. The van der Waals surface area contributed by atoms with Crippen LogP contribution in [0.5, 0.6) is 0 Å². The van der Waals surface area contributed by atoms with E-state index >= 15 is 0 Å².